The molecule has 0 spiro atoms. The molecule has 0 aromatic rings. The highest BCUT2D eigenvalue weighted by molar-refractivity contribution is 5.92. The highest BCUT2D eigenvalue weighted by Crippen LogP contribution is 2.38. The first kappa shape index (κ1) is 41.9. The number of guanidine groups is 1. The van der Waals surface area contributed by atoms with E-state index in [1.54, 1.807) is 37.1 Å². The van der Waals surface area contributed by atoms with E-state index in [0.717, 1.165) is 25.7 Å². The number of nitrogens with one attached hydrogen (secondary N) is 1. The quantitative estimate of drug-likeness (QED) is 0.0314. The minimum Gasteiger partial charge on any atom is -0.478 e. The van der Waals surface area contributed by atoms with E-state index in [1.807, 2.05) is 0 Å². The van der Waals surface area contributed by atoms with Gasteiger partial charge in [-0.2, -0.15) is 0 Å². The van der Waals surface area contributed by atoms with E-state index in [-0.39, 0.29) is 61.8 Å². The van der Waals surface area contributed by atoms with E-state index in [1.165, 1.54) is 12.3 Å². The highest BCUT2D eigenvalue weighted by atomic mass is 16.8. The third-order valence-electron chi connectivity index (χ3n) is 9.28. The van der Waals surface area contributed by atoms with Gasteiger partial charge in [0.15, 0.2) is 12.2 Å². The third-order valence-corrected chi connectivity index (χ3v) is 9.28. The van der Waals surface area contributed by atoms with E-state index in [9.17, 15) is 35.1 Å². The van der Waals surface area contributed by atoms with Crippen molar-refractivity contribution >= 4 is 17.9 Å². The normalized spacial score (nSPS) is 30.0. The van der Waals surface area contributed by atoms with Crippen molar-refractivity contribution in [3.8, 4) is 0 Å². The maximum Gasteiger partial charge on any atom is 0.338 e. The number of carbonyl (C=O) groups excluding carboxylic acids is 1. The third kappa shape index (κ3) is 10.9. The zero-order chi connectivity index (χ0) is 38.7. The van der Waals surface area contributed by atoms with E-state index in [0.29, 0.717) is 12.0 Å². The first-order valence-electron chi connectivity index (χ1n) is 17.9. The molecule has 17 nitrogen and oxygen atoms in total. The molecule has 1 saturated carbocycles. The van der Waals surface area contributed by atoms with Crippen LogP contribution in [0.1, 0.15) is 46.0 Å². The van der Waals surface area contributed by atoms with E-state index < -0.39 is 73.5 Å². The average Bonchev–Trinajstić information content (AvgIpc) is 3.64. The molecule has 8 unspecified atom stereocenters. The Labute approximate surface area is 308 Å². The van der Waals surface area contributed by atoms with Gasteiger partial charge in [0.25, 0.3) is 0 Å². The number of nitrogens with two attached hydrogens (primary N) is 1. The predicted molar refractivity (Wildman–Crippen MR) is 189 cm³/mol. The molecule has 1 aliphatic carbocycles. The number of hydrogen-bond donors (Lipinski definition) is 8. The molecule has 53 heavy (non-hydrogen) atoms. The van der Waals surface area contributed by atoms with Crippen LogP contribution in [0.4, 0.5) is 0 Å². The average molecular weight is 751 g/mol. The van der Waals surface area contributed by atoms with Crippen LogP contribution in [0.3, 0.4) is 0 Å². The van der Waals surface area contributed by atoms with Crippen LogP contribution in [-0.4, -0.2) is 142 Å². The first-order chi connectivity index (χ1) is 25.4. The Kier molecular flexibility index (Phi) is 15.9. The number of aliphatic hydroxyl groups excluding tert-OH is 5. The fourth-order valence-corrected chi connectivity index (χ4v) is 6.59. The summed E-state index contributed by atoms with van der Waals surface area (Å²) in [5.41, 5.74) is 6.65. The largest absolute Gasteiger partial charge is 0.478 e. The van der Waals surface area contributed by atoms with Gasteiger partial charge in [-0.3, -0.25) is 4.99 Å². The summed E-state index contributed by atoms with van der Waals surface area (Å²) < 4.78 is 29.8. The molecule has 1 saturated heterocycles. The van der Waals surface area contributed by atoms with Gasteiger partial charge in [-0.1, -0.05) is 18.2 Å². The Bertz CT molecular complexity index is 1420. The summed E-state index contributed by atoms with van der Waals surface area (Å²) in [4.78, 5) is 32.0. The number of aliphatic imine (C=N–C) groups is 1. The summed E-state index contributed by atoms with van der Waals surface area (Å²) in [6.07, 6.45) is 2.75. The van der Waals surface area contributed by atoms with Crippen LogP contribution in [0.15, 0.2) is 64.7 Å². The van der Waals surface area contributed by atoms with Gasteiger partial charge in [0.05, 0.1) is 54.9 Å². The molecule has 17 heteroatoms. The number of rotatable bonds is 17. The second-order valence-corrected chi connectivity index (χ2v) is 13.5. The Morgan fingerprint density at radius 1 is 1.15 bits per heavy atom. The number of carboxylic acid groups (broad SMARTS) is 1. The molecule has 296 valence electrons. The van der Waals surface area contributed by atoms with Crippen LogP contribution >= 0.6 is 0 Å². The van der Waals surface area contributed by atoms with Crippen molar-refractivity contribution < 1.29 is 63.9 Å². The summed E-state index contributed by atoms with van der Waals surface area (Å²) in [7, 11) is 0. The highest BCUT2D eigenvalue weighted by Gasteiger charge is 2.49. The minimum absolute atomic E-state index is 0.0583. The van der Waals surface area contributed by atoms with Gasteiger partial charge in [-0.15, -0.1) is 6.58 Å². The smallest absolute Gasteiger partial charge is 0.338 e. The van der Waals surface area contributed by atoms with Crippen molar-refractivity contribution in [3.05, 3.63) is 59.7 Å². The molecule has 0 amide bonds. The summed E-state index contributed by atoms with van der Waals surface area (Å²) in [6.45, 7) is 6.73. The molecule has 0 aromatic carbocycles. The maximum atomic E-state index is 13.7. The van der Waals surface area contributed by atoms with Crippen molar-refractivity contribution in [2.45, 2.75) is 95.2 Å². The monoisotopic (exact) mass is 750 g/mol. The van der Waals surface area contributed by atoms with Gasteiger partial charge in [-0.05, 0) is 46.0 Å². The Morgan fingerprint density at radius 2 is 1.89 bits per heavy atom. The summed E-state index contributed by atoms with van der Waals surface area (Å²) >= 11 is 0. The second kappa shape index (κ2) is 20.0. The molecule has 3 heterocycles. The topological polar surface area (TPSA) is 255 Å². The van der Waals surface area contributed by atoms with Crippen LogP contribution < -0.4 is 11.1 Å². The van der Waals surface area contributed by atoms with Gasteiger partial charge in [0.2, 0.25) is 6.29 Å². The van der Waals surface area contributed by atoms with Crippen LogP contribution in [0, 0.1) is 11.8 Å². The number of aliphatic hydroxyl groups is 5. The van der Waals surface area contributed by atoms with E-state index in [2.05, 4.69) is 16.9 Å². The van der Waals surface area contributed by atoms with Gasteiger partial charge >= 0.3 is 11.9 Å². The number of carboxylic acids is 1. The number of ether oxygens (including phenoxy) is 5. The lowest BCUT2D eigenvalue weighted by Gasteiger charge is -2.44. The predicted octanol–water partition coefficient (Wildman–Crippen LogP) is -0.247. The lowest BCUT2D eigenvalue weighted by molar-refractivity contribution is -0.348. The van der Waals surface area contributed by atoms with Crippen LogP contribution in [-0.2, 0) is 33.3 Å². The van der Waals surface area contributed by atoms with E-state index >= 15 is 0 Å². The molecule has 0 radical (unpaired) electrons. The van der Waals surface area contributed by atoms with E-state index in [4.69, 9.17) is 34.5 Å². The first-order valence-corrected chi connectivity index (χ1v) is 17.9. The number of esters is 1. The number of nitrogens with zero attached hydrogens (tertiary/aromatic N) is 2. The summed E-state index contributed by atoms with van der Waals surface area (Å²) in [5.74, 6) is -3.59. The zero-order valence-corrected chi connectivity index (χ0v) is 30.2. The van der Waals surface area contributed by atoms with Gasteiger partial charge in [0.1, 0.15) is 30.5 Å². The van der Waals surface area contributed by atoms with Gasteiger partial charge in [-0.25, -0.2) is 9.59 Å². The molecule has 0 bridgehead atoms. The van der Waals surface area contributed by atoms with Crippen molar-refractivity contribution in [3.63, 3.8) is 0 Å². The molecule has 4 aliphatic rings. The molecule has 0 aromatic heterocycles. The molecule has 9 N–H and O–H groups in total. The number of aliphatic carboxylic acids is 1. The maximum absolute atomic E-state index is 13.7. The van der Waals surface area contributed by atoms with Crippen LogP contribution in [0.5, 0.6) is 0 Å². The lowest BCUT2D eigenvalue weighted by Crippen LogP contribution is -2.61. The second-order valence-electron chi connectivity index (χ2n) is 13.5. The number of β-amino-alcohol motifs (C(OH)–C–C–N with tert-alkyl or cyclic N) is 1. The fraction of sp³-hybridized carbons (Fsp3) is 0.639. The number of allylic oxidation sites excluding steroid dienone is 2. The Balaban J connectivity index is 1.73. The number of carbonyl (C=O) groups is 2. The van der Waals surface area contributed by atoms with Crippen molar-refractivity contribution in [1.82, 2.24) is 10.2 Å². The molecule has 8 atom stereocenters. The van der Waals surface area contributed by atoms with Crippen LogP contribution in [0.25, 0.3) is 0 Å². The SMILES string of the molecule is C=CC1C(OC2OC(CO)C(O)C(O)C2OC(C)C)OC=C(C(=O)OC2CCCC2)C1C=CC1=CN(CCO)CC(C(=O)O)=C1NC(N)=NCCCO. The molecule has 4 rings (SSSR count). The van der Waals surface area contributed by atoms with Gasteiger partial charge in [0, 0.05) is 37.4 Å². The zero-order valence-electron chi connectivity index (χ0n) is 30.2. The van der Waals surface area contributed by atoms with Gasteiger partial charge < -0.3 is 70.3 Å². The Morgan fingerprint density at radius 3 is 2.51 bits per heavy atom. The Hall–Kier alpha value is -3.81. The van der Waals surface area contributed by atoms with Crippen molar-refractivity contribution in [2.75, 3.05) is 39.5 Å². The summed E-state index contributed by atoms with van der Waals surface area (Å²) in [6, 6.07) is 0. The molecule has 2 fully saturated rings. The lowest BCUT2D eigenvalue weighted by atomic mass is 9.83. The van der Waals surface area contributed by atoms with Crippen molar-refractivity contribution in [1.29, 1.82) is 0 Å². The molecular formula is C36H54N4O13. The fourth-order valence-electron chi connectivity index (χ4n) is 6.59. The minimum atomic E-state index is -1.48. The van der Waals surface area contributed by atoms with Crippen LogP contribution in [0.2, 0.25) is 0 Å². The van der Waals surface area contributed by atoms with Crippen molar-refractivity contribution in [2.24, 2.45) is 22.6 Å². The molecular weight excluding hydrogens is 696 g/mol. The molecule has 3 aliphatic heterocycles. The number of hydrogen-bond acceptors (Lipinski definition) is 14. The summed E-state index contributed by atoms with van der Waals surface area (Å²) in [5, 5.41) is 63.2. The standard InChI is InChI=1S/C36H54N4O13/c1-4-23-24(11-10-21-16-40(13-15-42)17-25(32(46)47)28(21)39-36(37)38-12-7-14-41)26(33(48)51-22-8-5-6-9-22)19-49-34(23)53-35-31(50-20(2)3)30(45)29(44)27(18-43)52-35/h4,10-11,16,19-20,22-24,27,29-31,34-35,41-45H,1,5-9,12-15,17-18H2,2-3H3,(H,46,47)(H3,37,38,39).